The summed E-state index contributed by atoms with van der Waals surface area (Å²) in [7, 11) is 0. The molecular weight excluding hydrogens is 240 g/mol. The second kappa shape index (κ2) is 5.11. The van der Waals surface area contributed by atoms with Crippen molar-refractivity contribution in [2.75, 3.05) is 5.73 Å². The summed E-state index contributed by atoms with van der Waals surface area (Å²) in [5, 5.41) is 4.32. The van der Waals surface area contributed by atoms with Gasteiger partial charge in [-0.1, -0.05) is 6.07 Å². The van der Waals surface area contributed by atoms with E-state index in [4.69, 9.17) is 5.73 Å². The summed E-state index contributed by atoms with van der Waals surface area (Å²) in [4.78, 5) is 4.07. The van der Waals surface area contributed by atoms with Crippen molar-refractivity contribution in [3.05, 3.63) is 48.8 Å². The minimum absolute atomic E-state index is 0. The van der Waals surface area contributed by atoms with Crippen LogP contribution in [0.4, 0.5) is 5.69 Å². The zero-order chi connectivity index (χ0) is 12.5. The van der Waals surface area contributed by atoms with Gasteiger partial charge in [-0.3, -0.25) is 0 Å². The van der Waals surface area contributed by atoms with Crippen molar-refractivity contribution >= 4 is 11.2 Å². The van der Waals surface area contributed by atoms with Gasteiger partial charge in [0.15, 0.2) is 0 Å². The van der Waals surface area contributed by atoms with Gasteiger partial charge in [0.1, 0.15) is 0 Å². The van der Waals surface area contributed by atoms with Crippen LogP contribution in [0.1, 0.15) is 18.7 Å². The fraction of sp³-hybridized carbons (Fsp3) is 0.231. The first-order chi connectivity index (χ1) is 8.75. The van der Waals surface area contributed by atoms with Crippen molar-refractivity contribution < 1.29 is 0 Å². The third kappa shape index (κ3) is 2.30. The van der Waals surface area contributed by atoms with Crippen LogP contribution in [0.25, 0.3) is 5.52 Å². The van der Waals surface area contributed by atoms with Crippen LogP contribution in [0.15, 0.2) is 43.1 Å². The Balaban J connectivity index is 0.00000133. The number of fused-ring (bicyclic) bond motifs is 1. The van der Waals surface area contributed by atoms with Crippen molar-refractivity contribution in [3.63, 3.8) is 0 Å². The van der Waals surface area contributed by atoms with E-state index in [0.29, 0.717) is 11.7 Å². The molecule has 3 aromatic rings. The Hall–Kier alpha value is -2.34. The monoisotopic (exact) mass is 258 g/mol. The van der Waals surface area contributed by atoms with Crippen molar-refractivity contribution in [2.24, 2.45) is 0 Å². The smallest absolute Gasteiger partial charge is 0.0948 e. The number of hydrogen-bond acceptors (Lipinski definition) is 4. The Morgan fingerprint density at radius 2 is 2.21 bits per heavy atom. The molecule has 19 heavy (non-hydrogen) atoms. The van der Waals surface area contributed by atoms with Gasteiger partial charge in [-0.25, -0.2) is 9.50 Å². The zero-order valence-corrected chi connectivity index (χ0v) is 10.9. The summed E-state index contributed by atoms with van der Waals surface area (Å²) >= 11 is 0. The normalized spacial score (nSPS) is 12.3. The van der Waals surface area contributed by atoms with Crippen molar-refractivity contribution in [1.29, 1.82) is 0 Å². The van der Waals surface area contributed by atoms with Crippen LogP contribution in [0.5, 0.6) is 0 Å². The van der Waals surface area contributed by atoms with Gasteiger partial charge in [-0.2, -0.15) is 5.10 Å². The highest BCUT2D eigenvalue weighted by molar-refractivity contribution is 5.68. The second-order valence-electron chi connectivity index (χ2n) is 4.48. The van der Waals surface area contributed by atoms with Gasteiger partial charge in [-0.15, -0.1) is 0 Å². The lowest BCUT2D eigenvalue weighted by Gasteiger charge is -2.13. The van der Waals surface area contributed by atoms with Gasteiger partial charge >= 0.3 is 0 Å². The molecular formula is C13H18N6. The van der Waals surface area contributed by atoms with E-state index in [9.17, 15) is 0 Å². The SMILES string of the molecule is CC(Cc1cccc2c(N)cnn12)n1ccnc1.N. The van der Waals surface area contributed by atoms with E-state index in [2.05, 4.69) is 27.6 Å². The van der Waals surface area contributed by atoms with Crippen molar-refractivity contribution in [1.82, 2.24) is 25.3 Å². The number of nitrogens with zero attached hydrogens (tertiary/aromatic N) is 4. The lowest BCUT2D eigenvalue weighted by molar-refractivity contribution is 0.531. The van der Waals surface area contributed by atoms with E-state index in [1.54, 1.807) is 12.4 Å². The van der Waals surface area contributed by atoms with Gasteiger partial charge in [0.2, 0.25) is 0 Å². The summed E-state index contributed by atoms with van der Waals surface area (Å²) in [6, 6.07) is 6.41. The van der Waals surface area contributed by atoms with E-state index in [-0.39, 0.29) is 6.15 Å². The van der Waals surface area contributed by atoms with Crippen molar-refractivity contribution in [2.45, 2.75) is 19.4 Å². The maximum absolute atomic E-state index is 5.87. The van der Waals surface area contributed by atoms with E-state index in [1.165, 1.54) is 0 Å². The molecule has 0 amide bonds. The van der Waals surface area contributed by atoms with Crippen LogP contribution < -0.4 is 11.9 Å². The third-order valence-corrected chi connectivity index (χ3v) is 3.19. The minimum atomic E-state index is 0. The summed E-state index contributed by atoms with van der Waals surface area (Å²) in [5.74, 6) is 0. The predicted octanol–water partition coefficient (Wildman–Crippen LogP) is 2.08. The van der Waals surface area contributed by atoms with Gasteiger partial charge in [0.25, 0.3) is 0 Å². The first-order valence-corrected chi connectivity index (χ1v) is 5.94. The second-order valence-corrected chi connectivity index (χ2v) is 4.48. The highest BCUT2D eigenvalue weighted by Crippen LogP contribution is 2.18. The molecule has 0 saturated heterocycles. The highest BCUT2D eigenvalue weighted by Gasteiger charge is 2.09. The molecule has 3 aromatic heterocycles. The Bertz CT molecular complexity index is 655. The van der Waals surface area contributed by atoms with Crippen LogP contribution in [0.2, 0.25) is 0 Å². The van der Waals surface area contributed by atoms with Crippen LogP contribution in [0.3, 0.4) is 0 Å². The molecule has 0 aliphatic rings. The van der Waals surface area contributed by atoms with E-state index in [0.717, 1.165) is 17.6 Å². The molecule has 0 bridgehead atoms. The quantitative estimate of drug-likeness (QED) is 0.751. The molecule has 5 N–H and O–H groups in total. The molecule has 1 unspecified atom stereocenters. The van der Waals surface area contributed by atoms with Crippen LogP contribution in [0, 0.1) is 0 Å². The van der Waals surface area contributed by atoms with Gasteiger partial charge in [0.05, 0.1) is 23.7 Å². The molecule has 0 radical (unpaired) electrons. The largest absolute Gasteiger partial charge is 0.396 e. The Morgan fingerprint density at radius 3 is 2.95 bits per heavy atom. The van der Waals surface area contributed by atoms with Crippen LogP contribution in [-0.4, -0.2) is 19.2 Å². The molecule has 1 atom stereocenters. The molecule has 0 saturated carbocycles. The molecule has 3 rings (SSSR count). The average Bonchev–Trinajstić information content (AvgIpc) is 3.00. The number of anilines is 1. The Morgan fingerprint density at radius 1 is 1.37 bits per heavy atom. The predicted molar refractivity (Wildman–Crippen MR) is 75.3 cm³/mol. The molecule has 0 fully saturated rings. The molecule has 0 spiro atoms. The number of aromatic nitrogens is 4. The fourth-order valence-electron chi connectivity index (χ4n) is 2.18. The Labute approximate surface area is 111 Å². The molecule has 0 aromatic carbocycles. The number of rotatable bonds is 3. The molecule has 0 aliphatic carbocycles. The maximum atomic E-state index is 5.87. The lowest BCUT2D eigenvalue weighted by Crippen LogP contribution is -2.09. The minimum Gasteiger partial charge on any atom is -0.396 e. The van der Waals surface area contributed by atoms with Crippen LogP contribution >= 0.6 is 0 Å². The topological polar surface area (TPSA) is 96.1 Å². The standard InChI is InChI=1S/C13H15N5.H3N/c1-10(17-6-5-15-9-17)7-11-3-2-4-13-12(14)8-16-18(11)13;/h2-6,8-10H,7,14H2,1H3;1H3. The summed E-state index contributed by atoms with van der Waals surface area (Å²) in [6.45, 7) is 2.16. The number of imidazole rings is 1. The third-order valence-electron chi connectivity index (χ3n) is 3.19. The van der Waals surface area contributed by atoms with Crippen molar-refractivity contribution in [3.8, 4) is 0 Å². The lowest BCUT2D eigenvalue weighted by atomic mass is 10.1. The number of hydrogen-bond donors (Lipinski definition) is 2. The van der Waals surface area contributed by atoms with E-state index in [1.807, 2.05) is 29.2 Å². The molecule has 6 heteroatoms. The maximum Gasteiger partial charge on any atom is 0.0948 e. The van der Waals surface area contributed by atoms with E-state index < -0.39 is 0 Å². The number of nitrogens with two attached hydrogens (primary N) is 1. The summed E-state index contributed by atoms with van der Waals surface area (Å²) in [5.41, 5.74) is 8.69. The van der Waals surface area contributed by atoms with Crippen LogP contribution in [-0.2, 0) is 6.42 Å². The van der Waals surface area contributed by atoms with E-state index >= 15 is 0 Å². The molecule has 0 aliphatic heterocycles. The van der Waals surface area contributed by atoms with Gasteiger partial charge in [-0.05, 0) is 19.1 Å². The zero-order valence-electron chi connectivity index (χ0n) is 10.9. The van der Waals surface area contributed by atoms with Gasteiger partial charge < -0.3 is 16.5 Å². The van der Waals surface area contributed by atoms with Gasteiger partial charge in [0, 0.05) is 30.6 Å². The number of pyridine rings is 1. The Kier molecular flexibility index (Phi) is 3.52. The first kappa shape index (κ1) is 13.1. The molecule has 3 heterocycles. The highest BCUT2D eigenvalue weighted by atomic mass is 15.2. The molecule has 6 nitrogen and oxygen atoms in total. The molecule has 100 valence electrons. The summed E-state index contributed by atoms with van der Waals surface area (Å²) < 4.78 is 3.99. The fourth-order valence-corrected chi connectivity index (χ4v) is 2.18. The summed E-state index contributed by atoms with van der Waals surface area (Å²) in [6.07, 6.45) is 8.18. The average molecular weight is 258 g/mol. The number of nitrogen functional groups attached to an aromatic ring is 1. The first-order valence-electron chi connectivity index (χ1n) is 5.94.